The van der Waals surface area contributed by atoms with Gasteiger partial charge in [0.2, 0.25) is 0 Å². The summed E-state index contributed by atoms with van der Waals surface area (Å²) in [4.78, 5) is 1.31. The number of hydrogen-bond donors (Lipinski definition) is 1. The van der Waals surface area contributed by atoms with Crippen LogP contribution in [0.5, 0.6) is 0 Å². The number of nitrogens with one attached hydrogen (secondary N) is 1. The highest BCUT2D eigenvalue weighted by Crippen LogP contribution is 2.33. The van der Waals surface area contributed by atoms with E-state index in [1.165, 1.54) is 8.66 Å². The number of rotatable bonds is 5. The van der Waals surface area contributed by atoms with Crippen molar-refractivity contribution >= 4 is 27.3 Å². The first kappa shape index (κ1) is 12.1. The molecule has 0 amide bonds. The van der Waals surface area contributed by atoms with Crippen LogP contribution in [-0.4, -0.2) is 13.2 Å². The summed E-state index contributed by atoms with van der Waals surface area (Å²) in [5.74, 6) is 1.09. The molecule has 0 saturated carbocycles. The van der Waals surface area contributed by atoms with Crippen molar-refractivity contribution in [3.63, 3.8) is 0 Å². The van der Waals surface area contributed by atoms with E-state index in [4.69, 9.17) is 4.74 Å². The normalized spacial score (nSPS) is 17.0. The number of halogens is 1. The molecule has 88 valence electrons. The first-order valence-electron chi connectivity index (χ1n) is 5.62. The van der Waals surface area contributed by atoms with Gasteiger partial charge in [0, 0.05) is 11.3 Å². The minimum atomic E-state index is 0.235. The molecule has 0 radical (unpaired) electrons. The van der Waals surface area contributed by atoms with E-state index >= 15 is 0 Å². The third-order valence-corrected chi connectivity index (χ3v) is 4.18. The Hall–Kier alpha value is -0.320. The van der Waals surface area contributed by atoms with Crippen molar-refractivity contribution < 1.29 is 4.74 Å². The molecule has 2 nitrogen and oxygen atoms in total. The standard InChI is InChI=1S/C12H16BrNOS/c1-2-7-14-12(9-4-3-8-15-9)10-5-6-11(13)16-10/h4-6,12,14H,2-3,7-8H2,1H3. The Morgan fingerprint density at radius 1 is 1.56 bits per heavy atom. The van der Waals surface area contributed by atoms with Gasteiger partial charge in [0.05, 0.1) is 16.4 Å². The molecular formula is C12H16BrNOS. The fourth-order valence-electron chi connectivity index (χ4n) is 1.75. The van der Waals surface area contributed by atoms with Crippen LogP contribution in [0.2, 0.25) is 0 Å². The van der Waals surface area contributed by atoms with E-state index in [0.717, 1.165) is 31.8 Å². The molecule has 4 heteroatoms. The van der Waals surface area contributed by atoms with Crippen molar-refractivity contribution in [1.29, 1.82) is 0 Å². The van der Waals surface area contributed by atoms with Crippen LogP contribution in [0.1, 0.15) is 30.7 Å². The molecule has 1 atom stereocenters. The van der Waals surface area contributed by atoms with Crippen molar-refractivity contribution in [1.82, 2.24) is 5.32 Å². The Morgan fingerprint density at radius 3 is 3.00 bits per heavy atom. The predicted octanol–water partition coefficient (Wildman–Crippen LogP) is 3.86. The Morgan fingerprint density at radius 2 is 2.44 bits per heavy atom. The van der Waals surface area contributed by atoms with Gasteiger partial charge in [-0.1, -0.05) is 6.92 Å². The zero-order chi connectivity index (χ0) is 11.4. The molecule has 0 saturated heterocycles. The number of thiophene rings is 1. The second kappa shape index (κ2) is 5.84. The molecular weight excluding hydrogens is 286 g/mol. The van der Waals surface area contributed by atoms with Gasteiger partial charge in [-0.15, -0.1) is 11.3 Å². The molecule has 2 rings (SSSR count). The fourth-order valence-corrected chi connectivity index (χ4v) is 3.26. The molecule has 1 aromatic rings. The van der Waals surface area contributed by atoms with Gasteiger partial charge in [0.25, 0.3) is 0 Å². The van der Waals surface area contributed by atoms with Crippen LogP contribution >= 0.6 is 27.3 Å². The molecule has 0 aromatic carbocycles. The van der Waals surface area contributed by atoms with Gasteiger partial charge in [-0.2, -0.15) is 0 Å². The summed E-state index contributed by atoms with van der Waals surface area (Å²) in [7, 11) is 0. The molecule has 1 unspecified atom stereocenters. The first-order chi connectivity index (χ1) is 7.81. The highest BCUT2D eigenvalue weighted by molar-refractivity contribution is 9.11. The average Bonchev–Trinajstić information content (AvgIpc) is 2.91. The molecule has 1 aliphatic heterocycles. The van der Waals surface area contributed by atoms with E-state index in [9.17, 15) is 0 Å². The maximum Gasteiger partial charge on any atom is 0.114 e. The average molecular weight is 302 g/mol. The Labute approximate surface area is 109 Å². The Kier molecular flexibility index (Phi) is 4.44. The van der Waals surface area contributed by atoms with Crippen molar-refractivity contribution in [2.75, 3.05) is 13.2 Å². The van der Waals surface area contributed by atoms with Crippen molar-refractivity contribution in [2.45, 2.75) is 25.8 Å². The van der Waals surface area contributed by atoms with E-state index in [2.05, 4.69) is 46.4 Å². The summed E-state index contributed by atoms with van der Waals surface area (Å²) in [5.41, 5.74) is 0. The van der Waals surface area contributed by atoms with Gasteiger partial charge in [-0.3, -0.25) is 0 Å². The molecule has 16 heavy (non-hydrogen) atoms. The lowest BCUT2D eigenvalue weighted by Crippen LogP contribution is -2.23. The van der Waals surface area contributed by atoms with Crippen LogP contribution < -0.4 is 5.32 Å². The van der Waals surface area contributed by atoms with E-state index < -0.39 is 0 Å². The summed E-state index contributed by atoms with van der Waals surface area (Å²) < 4.78 is 6.84. The van der Waals surface area contributed by atoms with E-state index in [-0.39, 0.29) is 6.04 Å². The molecule has 2 heterocycles. The zero-order valence-electron chi connectivity index (χ0n) is 9.33. The van der Waals surface area contributed by atoms with Crippen molar-refractivity contribution in [2.24, 2.45) is 0 Å². The molecule has 1 aliphatic rings. The second-order valence-corrected chi connectivity index (χ2v) is 6.27. The summed E-state index contributed by atoms with van der Waals surface area (Å²) >= 11 is 5.27. The lowest BCUT2D eigenvalue weighted by atomic mass is 10.2. The van der Waals surface area contributed by atoms with Crippen LogP contribution in [0, 0.1) is 0 Å². The van der Waals surface area contributed by atoms with E-state index in [1.807, 2.05) is 0 Å². The minimum absolute atomic E-state index is 0.235. The van der Waals surface area contributed by atoms with E-state index in [0.29, 0.717) is 0 Å². The Bertz CT molecular complexity index is 375. The van der Waals surface area contributed by atoms with Crippen LogP contribution in [0.25, 0.3) is 0 Å². The van der Waals surface area contributed by atoms with Crippen LogP contribution in [0.3, 0.4) is 0 Å². The number of ether oxygens (including phenoxy) is 1. The number of hydrogen-bond acceptors (Lipinski definition) is 3. The summed E-state index contributed by atoms with van der Waals surface area (Å²) in [5, 5.41) is 3.54. The second-order valence-electron chi connectivity index (χ2n) is 3.77. The van der Waals surface area contributed by atoms with Gasteiger partial charge < -0.3 is 10.1 Å². The van der Waals surface area contributed by atoms with Gasteiger partial charge in [0.15, 0.2) is 0 Å². The van der Waals surface area contributed by atoms with Gasteiger partial charge in [-0.25, -0.2) is 0 Å². The SMILES string of the molecule is CCCNC(C1=CCCO1)c1ccc(Br)s1. The third-order valence-electron chi connectivity index (χ3n) is 2.49. The zero-order valence-corrected chi connectivity index (χ0v) is 11.7. The summed E-state index contributed by atoms with van der Waals surface area (Å²) in [6.45, 7) is 4.02. The van der Waals surface area contributed by atoms with Crippen molar-refractivity contribution in [3.8, 4) is 0 Å². The minimum Gasteiger partial charge on any atom is -0.496 e. The molecule has 0 aliphatic carbocycles. The molecule has 1 N–H and O–H groups in total. The molecule has 1 aromatic heterocycles. The third kappa shape index (κ3) is 2.87. The summed E-state index contributed by atoms with van der Waals surface area (Å²) in [6.07, 6.45) is 4.36. The molecule has 0 spiro atoms. The largest absolute Gasteiger partial charge is 0.496 e. The molecule has 0 bridgehead atoms. The van der Waals surface area contributed by atoms with Gasteiger partial charge >= 0.3 is 0 Å². The highest BCUT2D eigenvalue weighted by atomic mass is 79.9. The van der Waals surface area contributed by atoms with Gasteiger partial charge in [-0.05, 0) is 47.1 Å². The van der Waals surface area contributed by atoms with Crippen LogP contribution in [0.4, 0.5) is 0 Å². The topological polar surface area (TPSA) is 21.3 Å². The lowest BCUT2D eigenvalue weighted by molar-refractivity contribution is 0.216. The maximum absolute atomic E-state index is 5.67. The van der Waals surface area contributed by atoms with Gasteiger partial charge in [0.1, 0.15) is 5.76 Å². The Balaban J connectivity index is 2.13. The fraction of sp³-hybridized carbons (Fsp3) is 0.500. The quantitative estimate of drug-likeness (QED) is 0.892. The maximum atomic E-state index is 5.67. The predicted molar refractivity (Wildman–Crippen MR) is 71.7 cm³/mol. The monoisotopic (exact) mass is 301 g/mol. The first-order valence-corrected chi connectivity index (χ1v) is 7.23. The van der Waals surface area contributed by atoms with Crippen molar-refractivity contribution in [3.05, 3.63) is 32.6 Å². The summed E-state index contributed by atoms with van der Waals surface area (Å²) in [6, 6.07) is 4.49. The highest BCUT2D eigenvalue weighted by Gasteiger charge is 2.21. The smallest absolute Gasteiger partial charge is 0.114 e. The molecule has 0 fully saturated rings. The van der Waals surface area contributed by atoms with E-state index in [1.54, 1.807) is 11.3 Å². The van der Waals surface area contributed by atoms with Crippen LogP contribution in [-0.2, 0) is 4.74 Å². The van der Waals surface area contributed by atoms with Crippen LogP contribution in [0.15, 0.2) is 27.8 Å². The lowest BCUT2D eigenvalue weighted by Gasteiger charge is -2.18.